The number of benzene rings is 1. The van der Waals surface area contributed by atoms with Gasteiger partial charge in [0.2, 0.25) is 0 Å². The molecule has 1 aromatic rings. The molecule has 0 N–H and O–H groups in total. The van der Waals surface area contributed by atoms with Crippen molar-refractivity contribution in [1.82, 2.24) is 0 Å². The summed E-state index contributed by atoms with van der Waals surface area (Å²) in [5.41, 5.74) is 0.414. The fraction of sp³-hybridized carbons (Fsp3) is 0.200. The Kier molecular flexibility index (Phi) is 5.93. The molecule has 1 atom stereocenters. The smallest absolute Gasteiger partial charge is 0.0493 e. The third kappa shape index (κ3) is 4.29. The van der Waals surface area contributed by atoms with Crippen molar-refractivity contribution in [2.45, 2.75) is 12.3 Å². The molecule has 0 heterocycles. The van der Waals surface area contributed by atoms with Crippen LogP contribution in [0.4, 0.5) is 0 Å². The van der Waals surface area contributed by atoms with Crippen molar-refractivity contribution in [3.63, 3.8) is 0 Å². The van der Waals surface area contributed by atoms with E-state index in [0.717, 1.165) is 0 Å². The second-order valence-corrected chi connectivity index (χ2v) is 2.86. The van der Waals surface area contributed by atoms with Crippen molar-refractivity contribution in [1.29, 1.82) is 0 Å². The van der Waals surface area contributed by atoms with Gasteiger partial charge in [-0.25, -0.2) is 0 Å². The average Bonchev–Trinajstić information content (AvgIpc) is 2.15. The molecule has 0 bridgehead atoms. The van der Waals surface area contributed by atoms with Crippen molar-refractivity contribution in [2.75, 3.05) is 0 Å². The van der Waals surface area contributed by atoms with Gasteiger partial charge in [-0.2, -0.15) is 0 Å². The van der Waals surface area contributed by atoms with Crippen LogP contribution in [0.2, 0.25) is 0 Å². The van der Waals surface area contributed by atoms with Crippen LogP contribution < -0.4 is 10.2 Å². The van der Waals surface area contributed by atoms with E-state index in [0.29, 0.717) is 5.56 Å². The third-order valence-corrected chi connectivity index (χ3v) is 1.86. The second-order valence-electron chi connectivity index (χ2n) is 2.86. The van der Waals surface area contributed by atoms with Gasteiger partial charge in [0.05, 0.1) is 0 Å². The maximum Gasteiger partial charge on any atom is 0.0493 e. The first-order chi connectivity index (χ1) is 6.61. The van der Waals surface area contributed by atoms with Crippen LogP contribution in [0.25, 0.3) is 0 Å². The Balaban J connectivity index is 0.00000196. The van der Waals surface area contributed by atoms with Gasteiger partial charge in [-0.3, -0.25) is 0 Å². The van der Waals surface area contributed by atoms with Crippen molar-refractivity contribution in [3.8, 4) is 0 Å². The van der Waals surface area contributed by atoms with Crippen LogP contribution in [0.5, 0.6) is 0 Å². The number of hydrogen-bond acceptors (Lipinski definition) is 4. The Labute approximate surface area is 102 Å². The molecular weight excluding hydrogens is 292 g/mol. The third-order valence-electron chi connectivity index (χ3n) is 1.86. The molecular formula is C10H8AgO4-2. The number of aliphatic carboxylic acids is 2. The van der Waals surface area contributed by atoms with Crippen LogP contribution >= 0.6 is 0 Å². The number of carboxylic acid groups (broad SMARTS) is 2. The predicted octanol–water partition coefficient (Wildman–Crippen LogP) is -1.34. The summed E-state index contributed by atoms with van der Waals surface area (Å²) in [6.07, 6.45) is -0.563. The summed E-state index contributed by atoms with van der Waals surface area (Å²) in [4.78, 5) is 20.9. The molecule has 5 heteroatoms. The van der Waals surface area contributed by atoms with E-state index in [1.54, 1.807) is 30.3 Å². The molecule has 4 nitrogen and oxygen atoms in total. The summed E-state index contributed by atoms with van der Waals surface area (Å²) in [7, 11) is 0. The largest absolute Gasteiger partial charge is 0.550 e. The van der Waals surface area contributed by atoms with Gasteiger partial charge in [0.1, 0.15) is 0 Å². The SMILES string of the molecule is O=C([O-])CC(C(=O)[O-])c1ccccc1.[Ag]. The van der Waals surface area contributed by atoms with Crippen molar-refractivity contribution >= 4 is 11.9 Å². The Morgan fingerprint density at radius 2 is 1.67 bits per heavy atom. The molecule has 0 saturated heterocycles. The summed E-state index contributed by atoms with van der Waals surface area (Å²) in [6.45, 7) is 0. The van der Waals surface area contributed by atoms with E-state index in [9.17, 15) is 19.8 Å². The Bertz CT molecular complexity index is 337. The van der Waals surface area contributed by atoms with Crippen LogP contribution in [-0.2, 0) is 32.0 Å². The number of carbonyl (C=O) groups is 2. The van der Waals surface area contributed by atoms with E-state index in [-0.39, 0.29) is 22.4 Å². The minimum atomic E-state index is -1.40. The van der Waals surface area contributed by atoms with Gasteiger partial charge in [0, 0.05) is 40.2 Å². The molecule has 0 saturated carbocycles. The molecule has 0 fully saturated rings. The molecule has 1 rings (SSSR count). The number of hydrogen-bond donors (Lipinski definition) is 0. The maximum atomic E-state index is 10.6. The number of rotatable bonds is 4. The summed E-state index contributed by atoms with van der Waals surface area (Å²) in [5.74, 6) is -3.94. The molecule has 0 aliphatic carbocycles. The normalized spacial score (nSPS) is 11.2. The summed E-state index contributed by atoms with van der Waals surface area (Å²) < 4.78 is 0. The van der Waals surface area contributed by atoms with Crippen molar-refractivity contribution < 1.29 is 42.2 Å². The van der Waals surface area contributed by atoms with Gasteiger partial charge >= 0.3 is 0 Å². The van der Waals surface area contributed by atoms with Gasteiger partial charge in [-0.1, -0.05) is 30.3 Å². The fourth-order valence-electron chi connectivity index (χ4n) is 1.19. The first-order valence-electron chi connectivity index (χ1n) is 4.07. The number of carbonyl (C=O) groups excluding carboxylic acids is 2. The minimum absolute atomic E-state index is 0. The first kappa shape index (κ1) is 13.9. The van der Waals surface area contributed by atoms with Gasteiger partial charge in [0.15, 0.2) is 0 Å². The fourth-order valence-corrected chi connectivity index (χ4v) is 1.19. The summed E-state index contributed by atoms with van der Waals surface area (Å²) in [6, 6.07) is 8.09. The molecule has 85 valence electrons. The van der Waals surface area contributed by atoms with E-state index in [1.165, 1.54) is 0 Å². The average molecular weight is 300 g/mol. The quantitative estimate of drug-likeness (QED) is 0.645. The topological polar surface area (TPSA) is 80.3 Å². The Morgan fingerprint density at radius 3 is 2.07 bits per heavy atom. The van der Waals surface area contributed by atoms with Crippen LogP contribution in [0.1, 0.15) is 17.9 Å². The summed E-state index contributed by atoms with van der Waals surface area (Å²) >= 11 is 0. The van der Waals surface area contributed by atoms with Crippen LogP contribution in [0.15, 0.2) is 30.3 Å². The zero-order chi connectivity index (χ0) is 10.6. The molecule has 0 aliphatic rings. The second kappa shape index (κ2) is 6.40. The van der Waals surface area contributed by atoms with Crippen molar-refractivity contribution in [2.24, 2.45) is 0 Å². The van der Waals surface area contributed by atoms with Crippen LogP contribution in [0, 0.1) is 0 Å². The first-order valence-corrected chi connectivity index (χ1v) is 4.07. The van der Waals surface area contributed by atoms with Gasteiger partial charge < -0.3 is 19.8 Å². The molecule has 1 radical (unpaired) electrons. The van der Waals surface area contributed by atoms with Crippen LogP contribution in [0.3, 0.4) is 0 Å². The van der Waals surface area contributed by atoms with E-state index in [1.807, 2.05) is 0 Å². The molecule has 0 amide bonds. The van der Waals surface area contributed by atoms with Gasteiger partial charge in [-0.15, -0.1) is 0 Å². The van der Waals surface area contributed by atoms with E-state index < -0.39 is 24.3 Å². The minimum Gasteiger partial charge on any atom is -0.550 e. The molecule has 15 heavy (non-hydrogen) atoms. The standard InChI is InChI=1S/C10H10O4.Ag/c11-9(12)6-8(10(13)14)7-4-2-1-3-5-7;/h1-5,8H,6H2,(H,11,12)(H,13,14);/p-2. The zero-order valence-corrected chi connectivity index (χ0v) is 9.09. The van der Waals surface area contributed by atoms with E-state index in [2.05, 4.69) is 0 Å². The van der Waals surface area contributed by atoms with Gasteiger partial charge in [0.25, 0.3) is 0 Å². The Hall–Kier alpha value is -1.10. The predicted molar refractivity (Wildman–Crippen MR) is 43.8 cm³/mol. The molecule has 0 aliphatic heterocycles. The van der Waals surface area contributed by atoms with Crippen LogP contribution in [-0.4, -0.2) is 11.9 Å². The molecule has 1 aromatic carbocycles. The summed E-state index contributed by atoms with van der Waals surface area (Å²) in [5, 5.41) is 20.9. The van der Waals surface area contributed by atoms with Crippen molar-refractivity contribution in [3.05, 3.63) is 35.9 Å². The monoisotopic (exact) mass is 299 g/mol. The molecule has 1 unspecified atom stereocenters. The van der Waals surface area contributed by atoms with E-state index >= 15 is 0 Å². The maximum absolute atomic E-state index is 10.6. The molecule has 0 aromatic heterocycles. The number of carboxylic acids is 2. The Morgan fingerprint density at radius 1 is 1.13 bits per heavy atom. The zero-order valence-electron chi connectivity index (χ0n) is 7.61. The van der Waals surface area contributed by atoms with Gasteiger partial charge in [-0.05, 0) is 12.0 Å². The van der Waals surface area contributed by atoms with E-state index in [4.69, 9.17) is 0 Å². The molecule has 0 spiro atoms.